The van der Waals surface area contributed by atoms with Crippen LogP contribution in [0.25, 0.3) is 11.1 Å². The molecule has 4 rings (SSSR count). The lowest BCUT2D eigenvalue weighted by molar-refractivity contribution is -0.119. The van der Waals surface area contributed by atoms with Gasteiger partial charge in [0.1, 0.15) is 11.9 Å². The van der Waals surface area contributed by atoms with E-state index in [0.717, 1.165) is 24.6 Å². The van der Waals surface area contributed by atoms with Crippen molar-refractivity contribution in [2.75, 3.05) is 24.5 Å². The second-order valence-corrected chi connectivity index (χ2v) is 7.99. The Kier molecular flexibility index (Phi) is 5.99. The standard InChI is InChI=1S/C23H26FN3O3/c1-15(28)26-13-20-14-27(23(29)30-20)19-8-9-21(22(24)10-19)18-6-4-17(5-7-18)12-25-11-16-2-3-16/h4-10,16,20,25H,2-3,11-14H2,1H3,(H,26,28). The van der Waals surface area contributed by atoms with E-state index in [1.54, 1.807) is 12.1 Å². The van der Waals surface area contributed by atoms with Crippen molar-refractivity contribution in [1.82, 2.24) is 10.6 Å². The molecule has 1 saturated heterocycles. The molecule has 2 aliphatic rings. The van der Waals surface area contributed by atoms with Crippen LogP contribution >= 0.6 is 0 Å². The number of hydrogen-bond acceptors (Lipinski definition) is 4. The maximum absolute atomic E-state index is 14.8. The Bertz CT molecular complexity index is 928. The van der Waals surface area contributed by atoms with Crippen molar-refractivity contribution in [3.63, 3.8) is 0 Å². The van der Waals surface area contributed by atoms with Crippen molar-refractivity contribution in [3.8, 4) is 11.1 Å². The van der Waals surface area contributed by atoms with Gasteiger partial charge >= 0.3 is 6.09 Å². The van der Waals surface area contributed by atoms with Crippen molar-refractivity contribution in [3.05, 3.63) is 53.8 Å². The first kappa shape index (κ1) is 20.3. The van der Waals surface area contributed by atoms with Gasteiger partial charge in [0.05, 0.1) is 18.8 Å². The lowest BCUT2D eigenvalue weighted by Crippen LogP contribution is -2.33. The summed E-state index contributed by atoms with van der Waals surface area (Å²) in [6.45, 7) is 3.78. The highest BCUT2D eigenvalue weighted by Crippen LogP contribution is 2.30. The van der Waals surface area contributed by atoms with Crippen molar-refractivity contribution >= 4 is 17.7 Å². The van der Waals surface area contributed by atoms with Crippen molar-refractivity contribution in [2.45, 2.75) is 32.4 Å². The monoisotopic (exact) mass is 411 g/mol. The Morgan fingerprint density at radius 2 is 1.93 bits per heavy atom. The molecule has 2 N–H and O–H groups in total. The van der Waals surface area contributed by atoms with Crippen LogP contribution in [0.4, 0.5) is 14.9 Å². The second-order valence-electron chi connectivity index (χ2n) is 7.99. The number of carbonyl (C=O) groups is 2. The smallest absolute Gasteiger partial charge is 0.414 e. The highest BCUT2D eigenvalue weighted by molar-refractivity contribution is 5.90. The number of carbonyl (C=O) groups excluding carboxylic acids is 2. The lowest BCUT2D eigenvalue weighted by Gasteiger charge is -2.15. The highest BCUT2D eigenvalue weighted by atomic mass is 19.1. The molecule has 0 spiro atoms. The zero-order valence-corrected chi connectivity index (χ0v) is 17.0. The Balaban J connectivity index is 1.40. The third-order valence-corrected chi connectivity index (χ3v) is 5.44. The summed E-state index contributed by atoms with van der Waals surface area (Å²) < 4.78 is 20.1. The summed E-state index contributed by atoms with van der Waals surface area (Å²) in [4.78, 5) is 24.5. The summed E-state index contributed by atoms with van der Waals surface area (Å²) in [5.74, 6) is 0.250. The predicted molar refractivity (Wildman–Crippen MR) is 113 cm³/mol. The fourth-order valence-electron chi connectivity index (χ4n) is 3.55. The molecule has 0 aromatic heterocycles. The molecule has 1 atom stereocenters. The van der Waals surface area contributed by atoms with Crippen LogP contribution in [0.2, 0.25) is 0 Å². The first-order chi connectivity index (χ1) is 14.5. The molecular weight excluding hydrogens is 385 g/mol. The molecule has 2 aromatic rings. The van der Waals surface area contributed by atoms with Crippen LogP contribution in [0.3, 0.4) is 0 Å². The van der Waals surface area contributed by atoms with Crippen LogP contribution < -0.4 is 15.5 Å². The van der Waals surface area contributed by atoms with Gasteiger partial charge in [-0.1, -0.05) is 24.3 Å². The molecule has 2 fully saturated rings. The van der Waals surface area contributed by atoms with Gasteiger partial charge in [-0.05, 0) is 54.6 Å². The minimum absolute atomic E-state index is 0.190. The van der Waals surface area contributed by atoms with E-state index in [9.17, 15) is 14.0 Å². The van der Waals surface area contributed by atoms with E-state index in [1.165, 1.54) is 36.3 Å². The molecule has 1 aliphatic carbocycles. The third kappa shape index (κ3) is 4.97. The molecule has 1 heterocycles. The molecule has 0 radical (unpaired) electrons. The molecule has 158 valence electrons. The van der Waals surface area contributed by atoms with E-state index >= 15 is 0 Å². The van der Waals surface area contributed by atoms with Gasteiger partial charge in [-0.3, -0.25) is 9.69 Å². The Morgan fingerprint density at radius 3 is 2.60 bits per heavy atom. The van der Waals surface area contributed by atoms with Crippen molar-refractivity contribution in [2.24, 2.45) is 5.92 Å². The van der Waals surface area contributed by atoms with Gasteiger partial charge in [0, 0.05) is 19.0 Å². The Morgan fingerprint density at radius 1 is 1.17 bits per heavy atom. The number of hydrogen-bond donors (Lipinski definition) is 2. The number of nitrogens with zero attached hydrogens (tertiary/aromatic N) is 1. The van der Waals surface area contributed by atoms with Gasteiger partial charge in [0.15, 0.2) is 0 Å². The molecule has 1 saturated carbocycles. The number of nitrogens with one attached hydrogen (secondary N) is 2. The first-order valence-corrected chi connectivity index (χ1v) is 10.3. The SMILES string of the molecule is CC(=O)NCC1CN(c2ccc(-c3ccc(CNCC4CC4)cc3)c(F)c2)C(=O)O1. The molecular formula is C23H26FN3O3. The zero-order valence-electron chi connectivity index (χ0n) is 17.0. The first-order valence-electron chi connectivity index (χ1n) is 10.3. The minimum Gasteiger partial charge on any atom is -0.442 e. The van der Waals surface area contributed by atoms with Crippen LogP contribution in [0.5, 0.6) is 0 Å². The normalized spacial score (nSPS) is 18.4. The van der Waals surface area contributed by atoms with E-state index in [0.29, 0.717) is 11.3 Å². The molecule has 2 amide bonds. The number of halogens is 1. The van der Waals surface area contributed by atoms with Gasteiger partial charge < -0.3 is 15.4 Å². The van der Waals surface area contributed by atoms with Gasteiger partial charge in [0.2, 0.25) is 5.91 Å². The highest BCUT2D eigenvalue weighted by Gasteiger charge is 2.32. The topological polar surface area (TPSA) is 70.7 Å². The lowest BCUT2D eigenvalue weighted by atomic mass is 10.0. The Hall–Kier alpha value is -2.93. The number of benzene rings is 2. The fourth-order valence-corrected chi connectivity index (χ4v) is 3.55. The van der Waals surface area contributed by atoms with Crippen molar-refractivity contribution in [1.29, 1.82) is 0 Å². The number of anilines is 1. The average molecular weight is 411 g/mol. The zero-order chi connectivity index (χ0) is 21.1. The summed E-state index contributed by atoms with van der Waals surface area (Å²) in [5.41, 5.74) is 2.88. The Labute approximate surface area is 175 Å². The second kappa shape index (κ2) is 8.83. The van der Waals surface area contributed by atoms with E-state index in [4.69, 9.17) is 4.74 Å². The number of cyclic esters (lactones) is 1. The van der Waals surface area contributed by atoms with Crippen LogP contribution in [-0.4, -0.2) is 37.7 Å². The van der Waals surface area contributed by atoms with Crippen LogP contribution in [-0.2, 0) is 16.1 Å². The third-order valence-electron chi connectivity index (χ3n) is 5.44. The minimum atomic E-state index is -0.541. The number of amides is 2. The largest absolute Gasteiger partial charge is 0.442 e. The molecule has 7 heteroatoms. The van der Waals surface area contributed by atoms with Gasteiger partial charge in [-0.25, -0.2) is 9.18 Å². The van der Waals surface area contributed by atoms with E-state index in [-0.39, 0.29) is 19.0 Å². The van der Waals surface area contributed by atoms with Gasteiger partial charge in [0.25, 0.3) is 0 Å². The van der Waals surface area contributed by atoms with E-state index in [1.807, 2.05) is 24.3 Å². The summed E-state index contributed by atoms with van der Waals surface area (Å²) in [7, 11) is 0. The van der Waals surface area contributed by atoms with Crippen LogP contribution in [0.1, 0.15) is 25.3 Å². The van der Waals surface area contributed by atoms with Gasteiger partial charge in [-0.2, -0.15) is 0 Å². The molecule has 1 aliphatic heterocycles. The van der Waals surface area contributed by atoms with Crippen LogP contribution in [0, 0.1) is 11.7 Å². The van der Waals surface area contributed by atoms with E-state index in [2.05, 4.69) is 10.6 Å². The van der Waals surface area contributed by atoms with E-state index < -0.39 is 18.0 Å². The molecule has 1 unspecified atom stereocenters. The maximum Gasteiger partial charge on any atom is 0.414 e. The molecule has 30 heavy (non-hydrogen) atoms. The van der Waals surface area contributed by atoms with Crippen LogP contribution in [0.15, 0.2) is 42.5 Å². The predicted octanol–water partition coefficient (Wildman–Crippen LogP) is 3.45. The summed E-state index contributed by atoms with van der Waals surface area (Å²) in [6.07, 6.45) is 1.66. The quantitative estimate of drug-likeness (QED) is 0.698. The maximum atomic E-state index is 14.8. The molecule has 0 bridgehead atoms. The van der Waals surface area contributed by atoms with Gasteiger partial charge in [-0.15, -0.1) is 0 Å². The molecule has 6 nitrogen and oxygen atoms in total. The average Bonchev–Trinajstić information content (AvgIpc) is 3.47. The number of ether oxygens (including phenoxy) is 1. The fraction of sp³-hybridized carbons (Fsp3) is 0.391. The molecule has 2 aromatic carbocycles. The summed E-state index contributed by atoms with van der Waals surface area (Å²) in [5, 5.41) is 6.08. The number of rotatable bonds is 8. The van der Waals surface area contributed by atoms with Crippen molar-refractivity contribution < 1.29 is 18.7 Å². The summed E-state index contributed by atoms with van der Waals surface area (Å²) in [6, 6.07) is 12.6. The summed E-state index contributed by atoms with van der Waals surface area (Å²) >= 11 is 0.